The van der Waals surface area contributed by atoms with Crippen molar-refractivity contribution in [2.75, 3.05) is 11.9 Å². The summed E-state index contributed by atoms with van der Waals surface area (Å²) in [6.45, 7) is 7.76. The number of imidazole rings is 1. The molecule has 1 aliphatic heterocycles. The lowest BCUT2D eigenvalue weighted by atomic mass is 10.1. The number of amides is 1. The van der Waals surface area contributed by atoms with Crippen molar-refractivity contribution in [2.45, 2.75) is 45.7 Å². The van der Waals surface area contributed by atoms with Crippen molar-refractivity contribution in [1.29, 1.82) is 0 Å². The summed E-state index contributed by atoms with van der Waals surface area (Å²) >= 11 is 0. The Bertz CT molecular complexity index is 724. The molecule has 3 rings (SSSR count). The molecule has 2 aromatic rings. The number of fused-ring (bicyclic) bond motifs is 1. The number of carbonyl (C=O) groups is 1. The monoisotopic (exact) mass is 328 g/mol. The van der Waals surface area contributed by atoms with Crippen LogP contribution in [0, 0.1) is 0 Å². The summed E-state index contributed by atoms with van der Waals surface area (Å²) in [7, 11) is 2.08. The first kappa shape index (κ1) is 16.6. The van der Waals surface area contributed by atoms with Crippen molar-refractivity contribution < 1.29 is 4.79 Å². The molecule has 7 heteroatoms. The van der Waals surface area contributed by atoms with Crippen LogP contribution in [0.1, 0.15) is 43.9 Å². The van der Waals surface area contributed by atoms with Crippen LogP contribution in [0.25, 0.3) is 0 Å². The van der Waals surface area contributed by atoms with Gasteiger partial charge in [0.1, 0.15) is 5.82 Å². The summed E-state index contributed by atoms with van der Waals surface area (Å²) in [5.41, 5.74) is 2.37. The molecule has 0 unspecified atom stereocenters. The number of rotatable bonds is 4. The van der Waals surface area contributed by atoms with Gasteiger partial charge in [-0.05, 0) is 13.0 Å². The zero-order valence-electron chi connectivity index (χ0n) is 14.7. The maximum atomic E-state index is 12.4. The van der Waals surface area contributed by atoms with E-state index in [1.807, 2.05) is 6.92 Å². The molecule has 1 atom stereocenters. The van der Waals surface area contributed by atoms with E-state index in [1.54, 1.807) is 18.5 Å². The number of anilines is 1. The van der Waals surface area contributed by atoms with E-state index >= 15 is 0 Å². The van der Waals surface area contributed by atoms with E-state index in [-0.39, 0.29) is 11.9 Å². The molecule has 24 heavy (non-hydrogen) atoms. The first-order chi connectivity index (χ1) is 11.5. The van der Waals surface area contributed by atoms with Crippen LogP contribution in [0.2, 0.25) is 0 Å². The third-order valence-corrected chi connectivity index (χ3v) is 4.56. The van der Waals surface area contributed by atoms with Gasteiger partial charge >= 0.3 is 0 Å². The quantitative estimate of drug-likeness (QED) is 0.925. The zero-order valence-corrected chi connectivity index (χ0v) is 14.7. The Kier molecular flexibility index (Phi) is 4.62. The normalized spacial score (nSPS) is 16.0. The lowest BCUT2D eigenvalue weighted by molar-refractivity contribution is -0.121. The molecule has 0 saturated heterocycles. The van der Waals surface area contributed by atoms with E-state index in [1.165, 1.54) is 5.69 Å². The zero-order chi connectivity index (χ0) is 17.3. The predicted octanol–water partition coefficient (Wildman–Crippen LogP) is 1.72. The van der Waals surface area contributed by atoms with Crippen molar-refractivity contribution in [2.24, 2.45) is 7.05 Å². The molecule has 0 spiro atoms. The minimum Gasteiger partial charge on any atom is -0.335 e. The van der Waals surface area contributed by atoms with Crippen LogP contribution in [-0.4, -0.2) is 42.9 Å². The highest BCUT2D eigenvalue weighted by Crippen LogP contribution is 2.24. The fourth-order valence-electron chi connectivity index (χ4n) is 3.16. The molecular formula is C17H24N6O. The van der Waals surface area contributed by atoms with Gasteiger partial charge in [0.05, 0.1) is 11.7 Å². The highest BCUT2D eigenvalue weighted by Gasteiger charge is 2.29. The van der Waals surface area contributed by atoms with E-state index in [9.17, 15) is 4.79 Å². The van der Waals surface area contributed by atoms with Crippen LogP contribution in [0.5, 0.6) is 0 Å². The van der Waals surface area contributed by atoms with Gasteiger partial charge < -0.3 is 4.57 Å². The van der Waals surface area contributed by atoms with Crippen LogP contribution < -0.4 is 5.32 Å². The molecule has 1 aliphatic rings. The summed E-state index contributed by atoms with van der Waals surface area (Å²) in [6.07, 6.45) is 4.13. The van der Waals surface area contributed by atoms with Crippen molar-refractivity contribution in [3.8, 4) is 0 Å². The molecule has 2 aromatic heterocycles. The highest BCUT2D eigenvalue weighted by atomic mass is 16.2. The van der Waals surface area contributed by atoms with E-state index < -0.39 is 0 Å². The predicted molar refractivity (Wildman–Crippen MR) is 91.5 cm³/mol. The summed E-state index contributed by atoms with van der Waals surface area (Å²) in [4.78, 5) is 27.5. The second-order valence-corrected chi connectivity index (χ2v) is 6.54. The van der Waals surface area contributed by atoms with Gasteiger partial charge in [-0.2, -0.15) is 0 Å². The van der Waals surface area contributed by atoms with Gasteiger partial charge in [-0.15, -0.1) is 0 Å². The standard InChI is InChI=1S/C17H24N6O/c1-11(2)15-20-13-10-23(9-6-14(13)22(15)4)12(3)16(24)21-17-18-7-5-8-19-17/h5,7-8,11-12H,6,9-10H2,1-4H3,(H,18,19,21,24)/t12-/m0/s1. The van der Waals surface area contributed by atoms with Gasteiger partial charge in [0.25, 0.3) is 0 Å². The smallest absolute Gasteiger partial charge is 0.243 e. The third-order valence-electron chi connectivity index (χ3n) is 4.56. The van der Waals surface area contributed by atoms with Crippen molar-refractivity contribution in [3.63, 3.8) is 0 Å². The van der Waals surface area contributed by atoms with Crippen LogP contribution in [0.15, 0.2) is 18.5 Å². The number of carbonyl (C=O) groups excluding carboxylic acids is 1. The third kappa shape index (κ3) is 3.17. The van der Waals surface area contributed by atoms with Crippen LogP contribution in [-0.2, 0) is 24.8 Å². The average Bonchev–Trinajstić information content (AvgIpc) is 2.91. The van der Waals surface area contributed by atoms with Crippen molar-refractivity contribution in [3.05, 3.63) is 35.7 Å². The van der Waals surface area contributed by atoms with E-state index in [0.717, 1.165) is 24.5 Å². The van der Waals surface area contributed by atoms with Gasteiger partial charge in [0.2, 0.25) is 11.9 Å². The Hall–Kier alpha value is -2.28. The molecule has 7 nitrogen and oxygen atoms in total. The van der Waals surface area contributed by atoms with Crippen LogP contribution >= 0.6 is 0 Å². The van der Waals surface area contributed by atoms with Gasteiger partial charge in [-0.25, -0.2) is 15.0 Å². The molecule has 0 radical (unpaired) electrons. The van der Waals surface area contributed by atoms with E-state index in [2.05, 4.69) is 45.6 Å². The maximum absolute atomic E-state index is 12.4. The Morgan fingerprint density at radius 2 is 1.96 bits per heavy atom. The molecule has 0 fully saturated rings. The maximum Gasteiger partial charge on any atom is 0.243 e. The number of hydrogen-bond acceptors (Lipinski definition) is 5. The molecular weight excluding hydrogens is 304 g/mol. The lowest BCUT2D eigenvalue weighted by Crippen LogP contribution is -2.44. The summed E-state index contributed by atoms with van der Waals surface area (Å²) in [6, 6.07) is 1.46. The fraction of sp³-hybridized carbons (Fsp3) is 0.529. The van der Waals surface area contributed by atoms with Crippen LogP contribution in [0.4, 0.5) is 5.95 Å². The molecule has 0 aromatic carbocycles. The molecule has 0 saturated carbocycles. The lowest BCUT2D eigenvalue weighted by Gasteiger charge is -2.31. The van der Waals surface area contributed by atoms with Gasteiger partial charge in [0, 0.05) is 50.6 Å². The summed E-state index contributed by atoms with van der Waals surface area (Å²) in [5, 5.41) is 2.77. The number of hydrogen-bond donors (Lipinski definition) is 1. The highest BCUT2D eigenvalue weighted by molar-refractivity contribution is 5.93. The van der Waals surface area contributed by atoms with Gasteiger partial charge in [-0.1, -0.05) is 13.8 Å². The topological polar surface area (TPSA) is 75.9 Å². The number of nitrogens with one attached hydrogen (secondary N) is 1. The van der Waals surface area contributed by atoms with Crippen molar-refractivity contribution >= 4 is 11.9 Å². The second-order valence-electron chi connectivity index (χ2n) is 6.54. The van der Waals surface area contributed by atoms with Crippen molar-refractivity contribution in [1.82, 2.24) is 24.4 Å². The van der Waals surface area contributed by atoms with E-state index in [4.69, 9.17) is 4.98 Å². The molecule has 0 bridgehead atoms. The SMILES string of the molecule is CC(C)c1nc2c(n1C)CCN([C@@H](C)C(=O)Nc1ncccn1)C2. The molecule has 1 N–H and O–H groups in total. The number of aromatic nitrogens is 4. The largest absolute Gasteiger partial charge is 0.335 e. The van der Waals surface area contributed by atoms with Gasteiger partial charge in [-0.3, -0.25) is 15.0 Å². The first-order valence-electron chi connectivity index (χ1n) is 8.33. The van der Waals surface area contributed by atoms with Gasteiger partial charge in [0.15, 0.2) is 0 Å². The molecule has 0 aliphatic carbocycles. The van der Waals surface area contributed by atoms with E-state index in [0.29, 0.717) is 18.4 Å². The molecule has 3 heterocycles. The van der Waals surface area contributed by atoms with Crippen LogP contribution in [0.3, 0.4) is 0 Å². The number of nitrogens with zero attached hydrogens (tertiary/aromatic N) is 5. The Morgan fingerprint density at radius 3 is 2.62 bits per heavy atom. The second kappa shape index (κ2) is 6.68. The average molecular weight is 328 g/mol. The minimum absolute atomic E-state index is 0.0929. The molecule has 1 amide bonds. The Morgan fingerprint density at radius 1 is 1.25 bits per heavy atom. The minimum atomic E-state index is -0.258. The first-order valence-corrected chi connectivity index (χ1v) is 8.33. The summed E-state index contributed by atoms with van der Waals surface area (Å²) < 4.78 is 2.21. The molecule has 128 valence electrons. The Labute approximate surface area is 142 Å². The summed E-state index contributed by atoms with van der Waals surface area (Å²) in [5.74, 6) is 1.75. The fourth-order valence-corrected chi connectivity index (χ4v) is 3.16. The Balaban J connectivity index is 1.70.